The Bertz CT molecular complexity index is 499. The number of nitrogens with one attached hydrogen (secondary N) is 2. The fourth-order valence-electron chi connectivity index (χ4n) is 2.50. The molecular weight excluding hydrogens is 298 g/mol. The van der Waals surface area contributed by atoms with Gasteiger partial charge in [-0.3, -0.25) is 14.3 Å². The van der Waals surface area contributed by atoms with Gasteiger partial charge in [-0.15, -0.1) is 0 Å². The molecule has 1 aliphatic carbocycles. The van der Waals surface area contributed by atoms with E-state index in [2.05, 4.69) is 10.0 Å². The second-order valence-electron chi connectivity index (χ2n) is 5.47. The maximum Gasteiger partial charge on any atom is 0.251 e. The fraction of sp³-hybridized carbons (Fsp3) is 0.500. The van der Waals surface area contributed by atoms with Crippen LogP contribution in [-0.4, -0.2) is 24.1 Å². The Morgan fingerprint density at radius 1 is 1.18 bits per heavy atom. The summed E-state index contributed by atoms with van der Waals surface area (Å²) in [5, 5.41) is 2.97. The molecule has 5 nitrogen and oxygen atoms in total. The molecule has 0 saturated heterocycles. The third kappa shape index (κ3) is 5.12. The zero-order valence-corrected chi connectivity index (χ0v) is 13.5. The summed E-state index contributed by atoms with van der Waals surface area (Å²) < 4.78 is 3.11. The van der Waals surface area contributed by atoms with Crippen LogP contribution < -0.4 is 15.8 Å². The first-order chi connectivity index (χ1) is 10.7. The van der Waals surface area contributed by atoms with Crippen molar-refractivity contribution in [2.75, 3.05) is 13.1 Å². The molecule has 1 aromatic carbocycles. The van der Waals surface area contributed by atoms with E-state index in [1.165, 1.54) is 24.8 Å². The van der Waals surface area contributed by atoms with E-state index >= 15 is 0 Å². The molecule has 1 saturated carbocycles. The van der Waals surface area contributed by atoms with Gasteiger partial charge in [0.05, 0.1) is 0 Å². The highest BCUT2D eigenvalue weighted by Crippen LogP contribution is 2.28. The number of carbonyl (C=O) groups excluding carboxylic acids is 2. The molecule has 0 aliphatic heterocycles. The van der Waals surface area contributed by atoms with Crippen molar-refractivity contribution in [1.82, 2.24) is 10.0 Å². The van der Waals surface area contributed by atoms with E-state index in [4.69, 9.17) is 5.73 Å². The average Bonchev–Trinajstić information content (AvgIpc) is 3.07. The first kappa shape index (κ1) is 17.0. The van der Waals surface area contributed by atoms with Gasteiger partial charge in [0.1, 0.15) is 0 Å². The van der Waals surface area contributed by atoms with Gasteiger partial charge in [0, 0.05) is 31.1 Å². The molecule has 0 heterocycles. The van der Waals surface area contributed by atoms with E-state index in [1.807, 2.05) is 12.1 Å². The number of amides is 1. The molecule has 1 aliphatic rings. The van der Waals surface area contributed by atoms with Crippen LogP contribution in [0.25, 0.3) is 0 Å². The van der Waals surface area contributed by atoms with E-state index in [-0.39, 0.29) is 16.9 Å². The molecule has 0 radical (unpaired) electrons. The zero-order valence-electron chi connectivity index (χ0n) is 12.6. The molecule has 120 valence electrons. The molecule has 0 spiro atoms. The lowest BCUT2D eigenvalue weighted by molar-refractivity contribution is -0.114. The van der Waals surface area contributed by atoms with Crippen LogP contribution in [0.15, 0.2) is 24.3 Å². The molecular formula is C16H23N3O2S. The van der Waals surface area contributed by atoms with Crippen LogP contribution in [-0.2, 0) is 11.3 Å². The summed E-state index contributed by atoms with van der Waals surface area (Å²) in [6.45, 7) is 1.51. The molecule has 4 N–H and O–H groups in total. The van der Waals surface area contributed by atoms with Crippen LogP contribution in [0.5, 0.6) is 0 Å². The Kier molecular flexibility index (Phi) is 6.89. The largest absolute Gasteiger partial charge is 0.351 e. The molecule has 6 heteroatoms. The molecule has 2 rings (SSSR count). The van der Waals surface area contributed by atoms with Crippen molar-refractivity contribution in [1.29, 1.82) is 0 Å². The van der Waals surface area contributed by atoms with Crippen LogP contribution in [0.4, 0.5) is 0 Å². The Morgan fingerprint density at radius 3 is 2.50 bits per heavy atom. The maximum absolute atomic E-state index is 11.9. The third-order valence-corrected chi connectivity index (χ3v) is 4.61. The lowest BCUT2D eigenvalue weighted by atomic mass is 10.1. The molecule has 0 aromatic heterocycles. The number of hydrogen-bond acceptors (Lipinski definition) is 5. The topological polar surface area (TPSA) is 84.2 Å². The molecule has 1 fully saturated rings. The van der Waals surface area contributed by atoms with E-state index in [9.17, 15) is 9.59 Å². The van der Waals surface area contributed by atoms with Crippen molar-refractivity contribution < 1.29 is 9.59 Å². The minimum Gasteiger partial charge on any atom is -0.351 e. The third-order valence-electron chi connectivity index (χ3n) is 3.78. The highest BCUT2D eigenvalue weighted by molar-refractivity contribution is 8.12. The van der Waals surface area contributed by atoms with Crippen molar-refractivity contribution >= 4 is 23.0 Å². The predicted octanol–water partition coefficient (Wildman–Crippen LogP) is 1.83. The maximum atomic E-state index is 11.9. The summed E-state index contributed by atoms with van der Waals surface area (Å²) in [5.41, 5.74) is 7.01. The van der Waals surface area contributed by atoms with Crippen molar-refractivity contribution in [2.45, 2.75) is 32.2 Å². The summed E-state index contributed by atoms with van der Waals surface area (Å²) >= 11 is 1.21. The minimum atomic E-state index is -0.115. The predicted molar refractivity (Wildman–Crippen MR) is 89.2 cm³/mol. The Morgan fingerprint density at radius 2 is 1.86 bits per heavy atom. The van der Waals surface area contributed by atoms with Gasteiger partial charge in [0.15, 0.2) is 0 Å². The second-order valence-corrected chi connectivity index (χ2v) is 6.36. The Hall–Kier alpha value is -1.37. The lowest BCUT2D eigenvalue weighted by Gasteiger charge is -2.08. The highest BCUT2D eigenvalue weighted by Gasteiger charge is 2.22. The van der Waals surface area contributed by atoms with Gasteiger partial charge in [-0.1, -0.05) is 25.0 Å². The van der Waals surface area contributed by atoms with Crippen molar-refractivity contribution in [2.24, 2.45) is 11.7 Å². The number of hydrogen-bond donors (Lipinski definition) is 3. The quantitative estimate of drug-likeness (QED) is 0.667. The van der Waals surface area contributed by atoms with Gasteiger partial charge < -0.3 is 11.1 Å². The number of nitrogens with two attached hydrogens (primary N) is 1. The van der Waals surface area contributed by atoms with Gasteiger partial charge in [0.2, 0.25) is 5.12 Å². The minimum absolute atomic E-state index is 0.115. The molecule has 1 aromatic rings. The zero-order chi connectivity index (χ0) is 15.8. The van der Waals surface area contributed by atoms with Crippen LogP contribution in [0.1, 0.15) is 41.6 Å². The van der Waals surface area contributed by atoms with Gasteiger partial charge in [-0.25, -0.2) is 0 Å². The molecule has 22 heavy (non-hydrogen) atoms. The van der Waals surface area contributed by atoms with Gasteiger partial charge in [0.25, 0.3) is 5.91 Å². The molecule has 1 amide bonds. The second kappa shape index (κ2) is 8.92. The summed E-state index contributed by atoms with van der Waals surface area (Å²) in [5.74, 6) is 0.113. The molecule has 0 unspecified atom stereocenters. The lowest BCUT2D eigenvalue weighted by Crippen LogP contribution is -2.28. The summed E-state index contributed by atoms with van der Waals surface area (Å²) in [6.07, 6.45) is 4.40. The van der Waals surface area contributed by atoms with Crippen LogP contribution >= 0.6 is 11.9 Å². The Balaban J connectivity index is 1.74. The number of rotatable bonds is 7. The smallest absolute Gasteiger partial charge is 0.251 e. The van der Waals surface area contributed by atoms with Crippen molar-refractivity contribution in [3.63, 3.8) is 0 Å². The molecule has 0 atom stereocenters. The van der Waals surface area contributed by atoms with Gasteiger partial charge >= 0.3 is 0 Å². The highest BCUT2D eigenvalue weighted by atomic mass is 32.2. The monoisotopic (exact) mass is 321 g/mol. The normalized spacial score (nSPS) is 15.0. The first-order valence-electron chi connectivity index (χ1n) is 7.71. The number of benzene rings is 1. The summed E-state index contributed by atoms with van der Waals surface area (Å²) in [6, 6.07) is 7.36. The standard InChI is InChI=1S/C16H23N3O2S/c17-9-10-18-15(20)13-7-5-12(6-8-13)11-19-22-16(21)14-3-1-2-4-14/h5-8,14,19H,1-4,9-11,17H2,(H,18,20). The van der Waals surface area contributed by atoms with E-state index in [0.717, 1.165) is 18.4 Å². The number of carbonyl (C=O) groups is 2. The van der Waals surface area contributed by atoms with E-state index < -0.39 is 0 Å². The van der Waals surface area contributed by atoms with Crippen molar-refractivity contribution in [3.8, 4) is 0 Å². The van der Waals surface area contributed by atoms with Gasteiger partial charge in [-0.2, -0.15) is 0 Å². The summed E-state index contributed by atoms with van der Waals surface area (Å²) in [7, 11) is 0. The SMILES string of the molecule is NCCNC(=O)c1ccc(CNSC(=O)C2CCCC2)cc1. The fourth-order valence-corrected chi connectivity index (χ4v) is 3.28. The van der Waals surface area contributed by atoms with E-state index in [1.54, 1.807) is 12.1 Å². The average molecular weight is 321 g/mol. The van der Waals surface area contributed by atoms with Crippen LogP contribution in [0.3, 0.4) is 0 Å². The first-order valence-corrected chi connectivity index (χ1v) is 8.53. The van der Waals surface area contributed by atoms with Crippen LogP contribution in [0.2, 0.25) is 0 Å². The van der Waals surface area contributed by atoms with Crippen LogP contribution in [0, 0.1) is 5.92 Å². The van der Waals surface area contributed by atoms with E-state index in [0.29, 0.717) is 25.2 Å². The van der Waals surface area contributed by atoms with Crippen molar-refractivity contribution in [3.05, 3.63) is 35.4 Å². The Labute approximate surface area is 135 Å². The molecule has 0 bridgehead atoms. The summed E-state index contributed by atoms with van der Waals surface area (Å²) in [4.78, 5) is 23.7. The van der Waals surface area contributed by atoms with Gasteiger partial charge in [-0.05, 0) is 42.5 Å².